The van der Waals surface area contributed by atoms with Crippen LogP contribution in [0, 0.1) is 40.4 Å². The average molecular weight is 517 g/mol. The van der Waals surface area contributed by atoms with Crippen LogP contribution in [0.5, 0.6) is 0 Å². The number of methoxy groups -OCH3 is 1. The molecule has 0 amide bonds. The van der Waals surface area contributed by atoms with Gasteiger partial charge in [0.05, 0.1) is 12.0 Å². The molecule has 0 aromatic heterocycles. The number of aliphatic hydroxyl groups is 1. The highest BCUT2D eigenvalue weighted by Gasteiger charge is 2.70. The Hall–Kier alpha value is -2.32. The van der Waals surface area contributed by atoms with Crippen LogP contribution in [0.4, 0.5) is 0 Å². The van der Waals surface area contributed by atoms with E-state index in [2.05, 4.69) is 13.8 Å². The van der Waals surface area contributed by atoms with Gasteiger partial charge >= 0.3 is 11.9 Å². The minimum Gasteiger partial charge on any atom is -0.457 e. The smallest absolute Gasteiger partial charge is 0.333 e. The van der Waals surface area contributed by atoms with E-state index in [1.165, 1.54) is 7.11 Å². The molecule has 0 bridgehead atoms. The van der Waals surface area contributed by atoms with Crippen LogP contribution in [0.1, 0.15) is 60.3 Å². The maximum Gasteiger partial charge on any atom is 0.333 e. The van der Waals surface area contributed by atoms with E-state index in [1.54, 1.807) is 26.0 Å². The molecule has 0 unspecified atom stereocenters. The summed E-state index contributed by atoms with van der Waals surface area (Å²) >= 11 is 0. The summed E-state index contributed by atoms with van der Waals surface area (Å²) in [7, 11) is 1.38. The van der Waals surface area contributed by atoms with Gasteiger partial charge in [-0.2, -0.15) is 0 Å². The number of carbonyl (C=O) groups excluding carboxylic acids is 4. The van der Waals surface area contributed by atoms with Crippen molar-refractivity contribution >= 4 is 23.5 Å². The van der Waals surface area contributed by atoms with Crippen LogP contribution in [-0.4, -0.2) is 60.6 Å². The van der Waals surface area contributed by atoms with Crippen LogP contribution in [0.15, 0.2) is 23.8 Å². The van der Waals surface area contributed by atoms with Gasteiger partial charge < -0.3 is 19.3 Å². The summed E-state index contributed by atoms with van der Waals surface area (Å²) < 4.78 is 16.3. The summed E-state index contributed by atoms with van der Waals surface area (Å²) in [4.78, 5) is 50.9. The first-order chi connectivity index (χ1) is 17.3. The molecule has 4 aliphatic carbocycles. The molecule has 204 valence electrons. The van der Waals surface area contributed by atoms with Crippen molar-refractivity contribution in [3.8, 4) is 0 Å². The lowest BCUT2D eigenvalue weighted by Crippen LogP contribution is -2.63. The first-order valence-corrected chi connectivity index (χ1v) is 13.3. The Balaban J connectivity index is 1.72. The van der Waals surface area contributed by atoms with Crippen molar-refractivity contribution in [2.24, 2.45) is 40.4 Å². The standard InChI is InChI=1S/C29H40O8/c1-16(2)26(34)36-14-23(32)29(37-24(33)15-35-6)10-8-20-19-11-17(3)21-12-18(30)7-9-27(21,4)25(19)22(31)13-28(20,29)5/h7,9,12,16-17,19-20,22,25,31H,8,10-11,13-15H2,1-6H3/t17-,19-,20-,22-,25+,27-,28-,29-/m0/s1. The van der Waals surface area contributed by atoms with E-state index >= 15 is 0 Å². The Morgan fingerprint density at radius 3 is 2.54 bits per heavy atom. The fraction of sp³-hybridized carbons (Fsp3) is 0.724. The van der Waals surface area contributed by atoms with Gasteiger partial charge in [0.2, 0.25) is 5.78 Å². The van der Waals surface area contributed by atoms with E-state index in [-0.39, 0.29) is 42.5 Å². The molecule has 0 aliphatic heterocycles. The van der Waals surface area contributed by atoms with E-state index < -0.39 is 52.8 Å². The topological polar surface area (TPSA) is 116 Å². The molecule has 3 fully saturated rings. The normalized spacial score (nSPS) is 40.4. The second kappa shape index (κ2) is 9.77. The van der Waals surface area contributed by atoms with Crippen LogP contribution < -0.4 is 0 Å². The Morgan fingerprint density at radius 2 is 1.89 bits per heavy atom. The van der Waals surface area contributed by atoms with Gasteiger partial charge in [-0.1, -0.05) is 46.3 Å². The number of hydrogen-bond acceptors (Lipinski definition) is 8. The molecular weight excluding hydrogens is 476 g/mol. The molecule has 0 saturated heterocycles. The zero-order chi connectivity index (χ0) is 27.3. The maximum absolute atomic E-state index is 13.8. The van der Waals surface area contributed by atoms with Crippen molar-refractivity contribution in [3.05, 3.63) is 23.8 Å². The number of ether oxygens (including phenoxy) is 3. The largest absolute Gasteiger partial charge is 0.457 e. The Bertz CT molecular complexity index is 1040. The highest BCUT2D eigenvalue weighted by molar-refractivity contribution is 6.01. The number of esters is 2. The lowest BCUT2D eigenvalue weighted by atomic mass is 9.44. The van der Waals surface area contributed by atoms with E-state index in [4.69, 9.17) is 14.2 Å². The zero-order valence-electron chi connectivity index (χ0n) is 22.7. The number of carbonyl (C=O) groups is 4. The van der Waals surface area contributed by atoms with Crippen molar-refractivity contribution in [2.75, 3.05) is 20.3 Å². The van der Waals surface area contributed by atoms with Gasteiger partial charge in [0.15, 0.2) is 18.0 Å². The lowest BCUT2D eigenvalue weighted by Gasteiger charge is -2.61. The third-order valence-corrected chi connectivity index (χ3v) is 9.75. The van der Waals surface area contributed by atoms with E-state index in [0.29, 0.717) is 12.8 Å². The number of allylic oxidation sites excluding steroid dienone is 4. The molecule has 8 nitrogen and oxygen atoms in total. The van der Waals surface area contributed by atoms with Crippen molar-refractivity contribution in [2.45, 2.75) is 72.0 Å². The minimum absolute atomic E-state index is 0.00662. The molecular formula is C29H40O8. The second-order valence-electron chi connectivity index (χ2n) is 12.2. The molecule has 0 aromatic rings. The van der Waals surface area contributed by atoms with Gasteiger partial charge in [0.1, 0.15) is 6.61 Å². The lowest BCUT2D eigenvalue weighted by molar-refractivity contribution is -0.204. The molecule has 0 spiro atoms. The number of fused-ring (bicyclic) bond motifs is 5. The van der Waals surface area contributed by atoms with Crippen molar-refractivity contribution in [1.82, 2.24) is 0 Å². The zero-order valence-corrected chi connectivity index (χ0v) is 22.7. The van der Waals surface area contributed by atoms with Gasteiger partial charge in [-0.05, 0) is 55.6 Å². The fourth-order valence-electron chi connectivity index (χ4n) is 8.18. The number of Topliss-reactive ketones (excluding diaryl/α,β-unsaturated/α-hetero) is 1. The molecule has 3 saturated carbocycles. The Morgan fingerprint density at radius 1 is 1.19 bits per heavy atom. The highest BCUT2D eigenvalue weighted by atomic mass is 16.6. The summed E-state index contributed by atoms with van der Waals surface area (Å²) in [5, 5.41) is 11.7. The second-order valence-corrected chi connectivity index (χ2v) is 12.2. The number of aliphatic hydroxyl groups excluding tert-OH is 1. The van der Waals surface area contributed by atoms with Crippen molar-refractivity contribution in [3.63, 3.8) is 0 Å². The molecule has 4 rings (SSSR count). The fourth-order valence-corrected chi connectivity index (χ4v) is 8.18. The van der Waals surface area contributed by atoms with Gasteiger partial charge in [-0.25, -0.2) is 4.79 Å². The third kappa shape index (κ3) is 4.30. The molecule has 1 N–H and O–H groups in total. The van der Waals surface area contributed by atoms with Gasteiger partial charge in [0.25, 0.3) is 0 Å². The molecule has 8 heteroatoms. The first kappa shape index (κ1) is 27.7. The Labute approximate surface area is 218 Å². The molecule has 0 radical (unpaired) electrons. The van der Waals surface area contributed by atoms with Crippen molar-refractivity contribution in [1.29, 1.82) is 0 Å². The maximum atomic E-state index is 13.8. The summed E-state index contributed by atoms with van der Waals surface area (Å²) in [6.07, 6.45) is 6.43. The monoisotopic (exact) mass is 516 g/mol. The quantitative estimate of drug-likeness (QED) is 0.513. The van der Waals surface area contributed by atoms with Crippen LogP contribution in [0.25, 0.3) is 0 Å². The van der Waals surface area contributed by atoms with Crippen molar-refractivity contribution < 1.29 is 38.5 Å². The van der Waals surface area contributed by atoms with Crippen LogP contribution in [0.2, 0.25) is 0 Å². The molecule has 8 atom stereocenters. The first-order valence-electron chi connectivity index (χ1n) is 13.3. The van der Waals surface area contributed by atoms with Gasteiger partial charge in [-0.15, -0.1) is 0 Å². The summed E-state index contributed by atoms with van der Waals surface area (Å²) in [5.41, 5.74) is -1.80. The highest BCUT2D eigenvalue weighted by Crippen LogP contribution is 2.68. The number of rotatable bonds is 7. The minimum atomic E-state index is -1.53. The molecule has 0 aromatic carbocycles. The number of ketones is 2. The summed E-state index contributed by atoms with van der Waals surface area (Å²) in [6.45, 7) is 8.72. The predicted octanol–water partition coefficient (Wildman–Crippen LogP) is 3.21. The molecule has 4 aliphatic rings. The van der Waals surface area contributed by atoms with Gasteiger partial charge in [0, 0.05) is 23.9 Å². The summed E-state index contributed by atoms with van der Waals surface area (Å²) in [5.74, 6) is -1.99. The third-order valence-electron chi connectivity index (χ3n) is 9.75. The molecule has 0 heterocycles. The van der Waals surface area contributed by atoms with E-state index in [1.807, 2.05) is 13.0 Å². The number of hydrogen-bond donors (Lipinski definition) is 1. The summed E-state index contributed by atoms with van der Waals surface area (Å²) in [6, 6.07) is 0. The van der Waals surface area contributed by atoms with Crippen LogP contribution in [0.3, 0.4) is 0 Å². The van der Waals surface area contributed by atoms with Crippen LogP contribution >= 0.6 is 0 Å². The Kier molecular flexibility index (Phi) is 7.32. The van der Waals surface area contributed by atoms with E-state index in [0.717, 1.165) is 12.0 Å². The average Bonchev–Trinajstić information content (AvgIpc) is 3.10. The van der Waals surface area contributed by atoms with E-state index in [9.17, 15) is 24.3 Å². The SMILES string of the molecule is COCC(=O)O[C@]1(C(=O)COC(=O)C(C)C)CC[C@H]2[C@@H]3C[C@H](C)C4=CC(=O)C=C[C@]4(C)[C@H]3[C@@H](O)C[C@@]21C. The van der Waals surface area contributed by atoms with Crippen LogP contribution in [-0.2, 0) is 33.4 Å². The molecule has 37 heavy (non-hydrogen) atoms. The van der Waals surface area contributed by atoms with Gasteiger partial charge in [-0.3, -0.25) is 14.4 Å². The predicted molar refractivity (Wildman–Crippen MR) is 134 cm³/mol.